The molecule has 2 heterocycles. The third-order valence-corrected chi connectivity index (χ3v) is 4.79. The molecule has 0 spiro atoms. The summed E-state index contributed by atoms with van der Waals surface area (Å²) in [6.07, 6.45) is 5.29. The van der Waals surface area contributed by atoms with Crippen LogP contribution >= 0.6 is 11.3 Å². The molecule has 6 nitrogen and oxygen atoms in total. The quantitative estimate of drug-likeness (QED) is 0.327. The number of carbonyl (C=O) groups is 1. The van der Waals surface area contributed by atoms with Crippen molar-refractivity contribution in [1.82, 2.24) is 10.4 Å². The molecular weight excluding hydrogens is 360 g/mol. The summed E-state index contributed by atoms with van der Waals surface area (Å²) in [4.78, 5) is 27.2. The van der Waals surface area contributed by atoms with Gasteiger partial charge in [0.1, 0.15) is 11.1 Å². The fourth-order valence-electron chi connectivity index (χ4n) is 2.69. The van der Waals surface area contributed by atoms with E-state index in [1.165, 1.54) is 6.21 Å². The third kappa shape index (κ3) is 3.68. The molecule has 4 aromatic rings. The Morgan fingerprint density at radius 2 is 1.78 bits per heavy atom. The van der Waals surface area contributed by atoms with Crippen molar-refractivity contribution < 1.29 is 9.36 Å². The van der Waals surface area contributed by atoms with Gasteiger partial charge < -0.3 is 0 Å². The predicted molar refractivity (Wildman–Crippen MR) is 105 cm³/mol. The van der Waals surface area contributed by atoms with E-state index in [-0.39, 0.29) is 10.8 Å². The molecule has 0 saturated heterocycles. The number of amides is 1. The number of aromatic amines is 1. The maximum atomic E-state index is 12.0. The van der Waals surface area contributed by atoms with Crippen molar-refractivity contribution in [2.24, 2.45) is 5.10 Å². The first-order valence-corrected chi connectivity index (χ1v) is 9.04. The molecule has 0 saturated carbocycles. The monoisotopic (exact) mass is 375 g/mol. The fourth-order valence-corrected chi connectivity index (χ4v) is 3.39. The van der Waals surface area contributed by atoms with E-state index in [0.29, 0.717) is 16.3 Å². The zero-order valence-electron chi connectivity index (χ0n) is 14.1. The van der Waals surface area contributed by atoms with Crippen LogP contribution in [0.2, 0.25) is 0 Å². The highest BCUT2D eigenvalue weighted by Gasteiger charge is 2.16. The molecule has 0 bridgehead atoms. The summed E-state index contributed by atoms with van der Waals surface area (Å²) in [5, 5.41) is 6.15. The molecule has 0 unspecified atom stereocenters. The van der Waals surface area contributed by atoms with Gasteiger partial charge in [-0.3, -0.25) is 4.79 Å². The molecule has 132 valence electrons. The van der Waals surface area contributed by atoms with E-state index in [2.05, 4.69) is 15.5 Å². The first-order chi connectivity index (χ1) is 13.2. The van der Waals surface area contributed by atoms with Gasteiger partial charge in [-0.2, -0.15) is 10.1 Å². The zero-order chi connectivity index (χ0) is 18.6. The summed E-state index contributed by atoms with van der Waals surface area (Å²) in [5.74, 6) is 0.295. The first kappa shape index (κ1) is 16.9. The van der Waals surface area contributed by atoms with Crippen molar-refractivity contribution in [3.8, 4) is 5.82 Å². The number of nitrogens with one attached hydrogen (secondary N) is 2. The van der Waals surface area contributed by atoms with Crippen molar-refractivity contribution in [1.29, 1.82) is 0 Å². The largest absolute Gasteiger partial charge is 0.390 e. The summed E-state index contributed by atoms with van der Waals surface area (Å²) >= 11 is 1.03. The summed E-state index contributed by atoms with van der Waals surface area (Å²) in [7, 11) is 0. The third-order valence-electron chi connectivity index (χ3n) is 3.99. The van der Waals surface area contributed by atoms with Crippen molar-refractivity contribution >= 4 is 34.2 Å². The van der Waals surface area contributed by atoms with Crippen LogP contribution < -0.4 is 14.9 Å². The van der Waals surface area contributed by atoms with Crippen LogP contribution in [0.25, 0.3) is 16.6 Å². The number of thiazole rings is 1. The summed E-state index contributed by atoms with van der Waals surface area (Å²) in [6, 6.07) is 18.8. The van der Waals surface area contributed by atoms with Gasteiger partial charge in [0.25, 0.3) is 5.91 Å². The van der Waals surface area contributed by atoms with Crippen LogP contribution in [-0.2, 0) is 0 Å². The predicted octanol–water partition coefficient (Wildman–Crippen LogP) is 2.63. The molecule has 2 aromatic carbocycles. The maximum Gasteiger partial charge on any atom is 0.390 e. The van der Waals surface area contributed by atoms with E-state index in [4.69, 9.17) is 0 Å². The molecule has 0 atom stereocenters. The number of aromatic nitrogens is 2. The molecule has 7 heteroatoms. The van der Waals surface area contributed by atoms with Gasteiger partial charge in [-0.25, -0.2) is 14.8 Å². The number of pyridine rings is 1. The lowest BCUT2D eigenvalue weighted by molar-refractivity contribution is -0.597. The second-order valence-electron chi connectivity index (χ2n) is 5.77. The fraction of sp³-hybridized carbons (Fsp3) is 0. The minimum atomic E-state index is -0.311. The number of hydrogen-bond acceptors (Lipinski definition) is 4. The van der Waals surface area contributed by atoms with Gasteiger partial charge in [0.2, 0.25) is 0 Å². The molecule has 4 rings (SSSR count). The molecule has 27 heavy (non-hydrogen) atoms. The van der Waals surface area contributed by atoms with E-state index >= 15 is 0 Å². The standard InChI is InChI=1S/C20H14N4O2S/c25-19(15-7-2-1-3-8-15)23-21-12-17-18(22-20(26)27-17)24-11-10-14-6-4-5-9-16(14)13-24/h1-13H,(H-,21,22,23,25,26)/p+1. The molecule has 0 radical (unpaired) electrons. The number of rotatable bonds is 4. The summed E-state index contributed by atoms with van der Waals surface area (Å²) in [5.41, 5.74) is 2.99. The van der Waals surface area contributed by atoms with Crippen LogP contribution in [0.3, 0.4) is 0 Å². The van der Waals surface area contributed by atoms with Gasteiger partial charge in [-0.05, 0) is 34.9 Å². The van der Waals surface area contributed by atoms with Gasteiger partial charge in [0.15, 0.2) is 0 Å². The molecule has 0 fully saturated rings. The van der Waals surface area contributed by atoms with Crippen LogP contribution in [0, 0.1) is 0 Å². The second kappa shape index (κ2) is 7.35. The zero-order valence-corrected chi connectivity index (χ0v) is 14.9. The van der Waals surface area contributed by atoms with Crippen molar-refractivity contribution in [3.63, 3.8) is 0 Å². The summed E-state index contributed by atoms with van der Waals surface area (Å²) < 4.78 is 1.83. The minimum absolute atomic E-state index is 0.193. The highest BCUT2D eigenvalue weighted by Crippen LogP contribution is 2.12. The Morgan fingerprint density at radius 1 is 1.04 bits per heavy atom. The lowest BCUT2D eigenvalue weighted by Gasteiger charge is -2.00. The molecule has 0 aliphatic heterocycles. The van der Waals surface area contributed by atoms with E-state index < -0.39 is 0 Å². The van der Waals surface area contributed by atoms with Gasteiger partial charge >= 0.3 is 10.7 Å². The highest BCUT2D eigenvalue weighted by molar-refractivity contribution is 7.11. The summed E-state index contributed by atoms with van der Waals surface area (Å²) in [6.45, 7) is 0. The Bertz CT molecular complexity index is 1200. The molecule has 0 aliphatic carbocycles. The SMILES string of the molecule is O=C(N/N=C/c1sc(=O)[nH]c1-[n+]1ccc2ccccc2c1)c1ccccc1. The average Bonchev–Trinajstić information content (AvgIpc) is 3.08. The Kier molecular flexibility index (Phi) is 4.59. The van der Waals surface area contributed by atoms with Crippen LogP contribution in [0.5, 0.6) is 0 Å². The lowest BCUT2D eigenvalue weighted by atomic mass is 10.2. The molecule has 1 amide bonds. The number of H-pyrrole nitrogens is 1. The van der Waals surface area contributed by atoms with Gasteiger partial charge in [-0.1, -0.05) is 42.5 Å². The van der Waals surface area contributed by atoms with Gasteiger partial charge in [0.05, 0.1) is 12.4 Å². The van der Waals surface area contributed by atoms with Crippen molar-refractivity contribution in [3.05, 3.63) is 93.2 Å². The van der Waals surface area contributed by atoms with Gasteiger partial charge in [0, 0.05) is 10.9 Å². The van der Waals surface area contributed by atoms with Crippen LogP contribution in [0.1, 0.15) is 15.2 Å². The van der Waals surface area contributed by atoms with E-state index in [1.54, 1.807) is 24.3 Å². The minimum Gasteiger partial charge on any atom is -0.267 e. The number of hydrogen-bond donors (Lipinski definition) is 2. The normalized spacial score (nSPS) is 11.1. The van der Waals surface area contributed by atoms with Crippen LogP contribution in [0.4, 0.5) is 0 Å². The number of hydrazone groups is 1. The Balaban J connectivity index is 1.61. The number of fused-ring (bicyclic) bond motifs is 1. The number of carbonyl (C=O) groups excluding carboxylic acids is 1. The Labute approximate surface area is 158 Å². The number of benzene rings is 2. The average molecular weight is 375 g/mol. The van der Waals surface area contributed by atoms with E-state index in [0.717, 1.165) is 22.1 Å². The van der Waals surface area contributed by atoms with E-state index in [1.807, 2.05) is 53.4 Å². The smallest absolute Gasteiger partial charge is 0.267 e. The second-order valence-corrected chi connectivity index (χ2v) is 6.79. The molecular formula is C20H15N4O2S+. The van der Waals surface area contributed by atoms with Gasteiger partial charge in [-0.15, -0.1) is 0 Å². The van der Waals surface area contributed by atoms with Crippen molar-refractivity contribution in [2.45, 2.75) is 0 Å². The Morgan fingerprint density at radius 3 is 2.59 bits per heavy atom. The highest BCUT2D eigenvalue weighted by atomic mass is 32.1. The number of nitrogens with zero attached hydrogens (tertiary/aromatic N) is 2. The molecule has 0 aliphatic rings. The van der Waals surface area contributed by atoms with Crippen LogP contribution in [0.15, 0.2) is 83.0 Å². The maximum absolute atomic E-state index is 12.0. The van der Waals surface area contributed by atoms with Crippen LogP contribution in [-0.4, -0.2) is 17.1 Å². The van der Waals surface area contributed by atoms with E-state index in [9.17, 15) is 9.59 Å². The first-order valence-electron chi connectivity index (χ1n) is 8.23. The lowest BCUT2D eigenvalue weighted by Crippen LogP contribution is -2.32. The van der Waals surface area contributed by atoms with Crippen molar-refractivity contribution in [2.75, 3.05) is 0 Å². The molecule has 2 aromatic heterocycles. The topological polar surface area (TPSA) is 78.2 Å². The molecule has 2 N–H and O–H groups in total. The Hall–Kier alpha value is -3.58.